The summed E-state index contributed by atoms with van der Waals surface area (Å²) in [6.45, 7) is 15.1. The molecule has 192 valence electrons. The summed E-state index contributed by atoms with van der Waals surface area (Å²) in [5.74, 6) is -1.23. The van der Waals surface area contributed by atoms with Gasteiger partial charge in [-0.05, 0) is 41.5 Å². The van der Waals surface area contributed by atoms with Crippen molar-refractivity contribution in [1.29, 1.82) is 0 Å². The highest BCUT2D eigenvalue weighted by atomic mass is 35.5. The number of aryl methyl sites for hydroxylation is 1. The predicted octanol–water partition coefficient (Wildman–Crippen LogP) is 9.35. The van der Waals surface area contributed by atoms with Crippen LogP contribution in [0.3, 0.4) is 0 Å². The summed E-state index contributed by atoms with van der Waals surface area (Å²) < 4.78 is 66.3. The summed E-state index contributed by atoms with van der Waals surface area (Å²) in [6, 6.07) is 6.19. The molecule has 0 radical (unpaired) electrons. The Balaban J connectivity index is 0.000000276. The Bertz CT molecular complexity index is 878. The maximum Gasteiger partial charge on any atom is 0.416 e. The monoisotopic (exact) mass is 506 g/mol. The molecule has 0 saturated carbocycles. The van der Waals surface area contributed by atoms with E-state index in [2.05, 4.69) is 11.5 Å². The van der Waals surface area contributed by atoms with E-state index in [9.17, 15) is 22.0 Å². The third kappa shape index (κ3) is 9.91. The lowest BCUT2D eigenvalue weighted by Gasteiger charge is -2.21. The van der Waals surface area contributed by atoms with Crippen LogP contribution >= 0.6 is 11.6 Å². The molecule has 7 heteroatoms. The molecule has 0 amide bonds. The number of halogens is 6. The van der Waals surface area contributed by atoms with E-state index < -0.39 is 28.8 Å². The molecule has 34 heavy (non-hydrogen) atoms. The summed E-state index contributed by atoms with van der Waals surface area (Å²) in [7, 11) is 3.69. The van der Waals surface area contributed by atoms with Crippen LogP contribution in [0.4, 0.5) is 22.0 Å². The molecule has 0 aliphatic carbocycles. The van der Waals surface area contributed by atoms with E-state index in [-0.39, 0.29) is 10.4 Å². The first-order valence-electron chi connectivity index (χ1n) is 11.1. The Morgan fingerprint density at radius 3 is 1.65 bits per heavy atom. The molecule has 1 aliphatic rings. The van der Waals surface area contributed by atoms with Crippen molar-refractivity contribution >= 4 is 11.6 Å². The van der Waals surface area contributed by atoms with Gasteiger partial charge in [-0.15, -0.1) is 0 Å². The average Bonchev–Trinajstić information content (AvgIpc) is 3.09. The third-order valence-electron chi connectivity index (χ3n) is 5.14. The fraction of sp³-hybridized carbons (Fsp3) is 0.519. The van der Waals surface area contributed by atoms with E-state index in [0.717, 1.165) is 30.9 Å². The fourth-order valence-corrected chi connectivity index (χ4v) is 3.83. The van der Waals surface area contributed by atoms with Crippen molar-refractivity contribution in [1.82, 2.24) is 0 Å². The van der Waals surface area contributed by atoms with E-state index in [1.54, 1.807) is 13.0 Å². The SMILES string of the molecule is CC(C)(C)c1c(F)cc(F)cc1Cl.Cc1cc(C(C)(C)C)cc(C(F)(F)F)c1.[CH2-][O+]1CCCC1. The first-order chi connectivity index (χ1) is 15.3. The van der Waals surface area contributed by atoms with Gasteiger partial charge in [0, 0.05) is 24.5 Å². The molecular formula is C27H36ClF5O. The van der Waals surface area contributed by atoms with Crippen LogP contribution in [-0.4, -0.2) is 13.2 Å². The molecule has 0 atom stereocenters. The van der Waals surface area contributed by atoms with Crippen LogP contribution in [-0.2, 0) is 21.4 Å². The predicted molar refractivity (Wildman–Crippen MR) is 130 cm³/mol. The second-order valence-corrected chi connectivity index (χ2v) is 11.0. The maximum atomic E-state index is 13.3. The number of benzene rings is 2. The van der Waals surface area contributed by atoms with Gasteiger partial charge in [-0.2, -0.15) is 13.2 Å². The minimum atomic E-state index is -4.26. The van der Waals surface area contributed by atoms with Gasteiger partial charge < -0.3 is 4.37 Å². The zero-order chi connectivity index (χ0) is 26.5. The first kappa shape index (κ1) is 30.4. The molecule has 2 aromatic rings. The van der Waals surface area contributed by atoms with Crippen LogP contribution in [0.25, 0.3) is 0 Å². The van der Waals surface area contributed by atoms with Gasteiger partial charge in [0.25, 0.3) is 0 Å². The molecule has 1 fully saturated rings. The van der Waals surface area contributed by atoms with Gasteiger partial charge in [0.15, 0.2) is 0 Å². The van der Waals surface area contributed by atoms with Crippen molar-refractivity contribution in [3.63, 3.8) is 0 Å². The van der Waals surface area contributed by atoms with Gasteiger partial charge >= 0.3 is 6.18 Å². The summed E-state index contributed by atoms with van der Waals surface area (Å²) in [4.78, 5) is 0. The smallest absolute Gasteiger partial charge is 0.416 e. The lowest BCUT2D eigenvalue weighted by atomic mass is 9.85. The molecule has 0 unspecified atom stereocenters. The van der Waals surface area contributed by atoms with E-state index in [1.807, 2.05) is 41.5 Å². The van der Waals surface area contributed by atoms with E-state index in [0.29, 0.717) is 11.1 Å². The highest BCUT2D eigenvalue weighted by Gasteiger charge is 2.32. The van der Waals surface area contributed by atoms with Gasteiger partial charge in [0.1, 0.15) is 24.8 Å². The van der Waals surface area contributed by atoms with Crippen LogP contribution in [0.2, 0.25) is 5.02 Å². The van der Waals surface area contributed by atoms with Crippen molar-refractivity contribution in [2.24, 2.45) is 0 Å². The van der Waals surface area contributed by atoms with Crippen LogP contribution in [0.15, 0.2) is 30.3 Å². The molecule has 1 heterocycles. The summed E-state index contributed by atoms with van der Waals surface area (Å²) in [5.41, 5.74) is 0.494. The average molecular weight is 507 g/mol. The van der Waals surface area contributed by atoms with E-state index in [1.165, 1.54) is 25.0 Å². The molecule has 1 aliphatic heterocycles. The van der Waals surface area contributed by atoms with Crippen LogP contribution in [0.1, 0.15) is 76.6 Å². The zero-order valence-corrected chi connectivity index (χ0v) is 21.9. The summed E-state index contributed by atoms with van der Waals surface area (Å²) in [6.07, 6.45) is -1.63. The van der Waals surface area contributed by atoms with Gasteiger partial charge in [0.2, 0.25) is 0 Å². The normalized spacial score (nSPS) is 14.8. The molecule has 0 N–H and O–H groups in total. The summed E-state index contributed by atoms with van der Waals surface area (Å²) >= 11 is 5.74. The third-order valence-corrected chi connectivity index (χ3v) is 5.44. The molecular weight excluding hydrogens is 471 g/mol. The lowest BCUT2D eigenvalue weighted by molar-refractivity contribution is -0.137. The molecule has 1 saturated heterocycles. The quantitative estimate of drug-likeness (QED) is 0.190. The van der Waals surface area contributed by atoms with Crippen LogP contribution in [0.5, 0.6) is 0 Å². The van der Waals surface area contributed by atoms with Gasteiger partial charge in [-0.3, -0.25) is 0 Å². The van der Waals surface area contributed by atoms with Crippen molar-refractivity contribution in [3.05, 3.63) is 76.4 Å². The van der Waals surface area contributed by atoms with Crippen molar-refractivity contribution < 1.29 is 26.3 Å². The van der Waals surface area contributed by atoms with E-state index >= 15 is 0 Å². The second-order valence-electron chi connectivity index (χ2n) is 10.6. The highest BCUT2D eigenvalue weighted by molar-refractivity contribution is 6.31. The number of hydrogen-bond acceptors (Lipinski definition) is 0. The molecule has 0 aromatic heterocycles. The Morgan fingerprint density at radius 1 is 0.794 bits per heavy atom. The Hall–Kier alpha value is -1.66. The molecule has 3 rings (SSSR count). The maximum absolute atomic E-state index is 13.3. The second kappa shape index (κ2) is 11.9. The van der Waals surface area contributed by atoms with Gasteiger partial charge in [0.05, 0.1) is 10.6 Å². The van der Waals surface area contributed by atoms with Crippen molar-refractivity contribution in [2.45, 2.75) is 78.3 Å². The standard InChI is InChI=1S/C12H15F3.C10H11ClF2.C5H10O/c1-8-5-9(11(2,3)4)7-10(6-8)12(13,14)15;1-10(2,3)9-7(11)4-6(12)5-8(9)13;1-6-4-2-3-5-6/h5-7H,1-4H3;4-5H,1-3H3;1-5H2. The molecule has 1 nitrogen and oxygen atoms in total. The van der Waals surface area contributed by atoms with Crippen LogP contribution in [0, 0.1) is 25.7 Å². The minimum Gasteiger partial charge on any atom is -0.570 e. The van der Waals surface area contributed by atoms with Crippen LogP contribution < -0.4 is 0 Å². The molecule has 0 spiro atoms. The number of rotatable bonds is 0. The number of hydrogen-bond donors (Lipinski definition) is 0. The molecule has 0 bridgehead atoms. The van der Waals surface area contributed by atoms with Gasteiger partial charge in [-0.1, -0.05) is 71.9 Å². The fourth-order valence-electron chi connectivity index (χ4n) is 3.35. The van der Waals surface area contributed by atoms with Gasteiger partial charge in [-0.25, -0.2) is 8.78 Å². The number of alkyl halides is 3. The molecule has 2 aromatic carbocycles. The minimum absolute atomic E-state index is 0.144. The summed E-state index contributed by atoms with van der Waals surface area (Å²) in [5, 5.41) is 0.144. The first-order valence-corrected chi connectivity index (χ1v) is 11.5. The zero-order valence-electron chi connectivity index (χ0n) is 21.1. The van der Waals surface area contributed by atoms with E-state index in [4.69, 9.17) is 11.6 Å². The Morgan fingerprint density at radius 2 is 1.29 bits per heavy atom. The Kier molecular flexibility index (Phi) is 10.6. The Labute approximate surface area is 206 Å². The highest BCUT2D eigenvalue weighted by Crippen LogP contribution is 2.34. The lowest BCUT2D eigenvalue weighted by Crippen LogP contribution is -2.14. The van der Waals surface area contributed by atoms with Crippen molar-refractivity contribution in [3.8, 4) is 0 Å². The topological polar surface area (TPSA) is 2.70 Å². The largest absolute Gasteiger partial charge is 0.570 e. The van der Waals surface area contributed by atoms with Crippen molar-refractivity contribution in [2.75, 3.05) is 13.2 Å².